The van der Waals surface area contributed by atoms with Gasteiger partial charge in [-0.1, -0.05) is 212 Å². The van der Waals surface area contributed by atoms with Gasteiger partial charge in [0.2, 0.25) is 0 Å². The molecule has 1 heterocycles. The van der Waals surface area contributed by atoms with Crippen LogP contribution < -0.4 is 0 Å². The Morgan fingerprint density at radius 2 is 0.710 bits per heavy atom. The summed E-state index contributed by atoms with van der Waals surface area (Å²) < 4.78 is 2.35. The number of hydrogen-bond acceptors (Lipinski definition) is 1. The Kier molecular flexibility index (Phi) is 8.68. The minimum absolute atomic E-state index is 0.690. The Bertz CT molecular complexity index is 4340. The molecule has 0 unspecified atom stereocenters. The molecule has 0 amide bonds. The van der Waals surface area contributed by atoms with E-state index in [0.29, 0.717) is 5.56 Å². The highest BCUT2D eigenvalue weighted by atomic mass is 15.0. The topological polar surface area (TPSA) is 28.7 Å². The fraction of sp³-hybridized carbons (Fsp3) is 0. The van der Waals surface area contributed by atoms with Crippen molar-refractivity contribution in [3.63, 3.8) is 0 Å². The highest BCUT2D eigenvalue weighted by Crippen LogP contribution is 2.48. The molecule has 0 radical (unpaired) electrons. The molecule has 1 aromatic heterocycles. The van der Waals surface area contributed by atoms with E-state index in [-0.39, 0.29) is 0 Å². The molecule has 0 aliphatic carbocycles. The first-order valence-electron chi connectivity index (χ1n) is 23.6. The average molecular weight is 873 g/mol. The van der Waals surface area contributed by atoms with Gasteiger partial charge >= 0.3 is 0 Å². The third kappa shape index (κ3) is 5.91. The molecule has 0 N–H and O–H groups in total. The van der Waals surface area contributed by atoms with Gasteiger partial charge in [0, 0.05) is 21.8 Å². The molecule has 13 aromatic carbocycles. The number of hydrogen-bond donors (Lipinski definition) is 0. The largest absolute Gasteiger partial charge is 0.309 e. The van der Waals surface area contributed by atoms with Crippen molar-refractivity contribution in [1.29, 1.82) is 5.26 Å². The highest BCUT2D eigenvalue weighted by Gasteiger charge is 2.22. The predicted octanol–water partition coefficient (Wildman–Crippen LogP) is 18.2. The number of fused-ring (bicyclic) bond motifs is 4. The molecule has 318 valence electrons. The lowest BCUT2D eigenvalue weighted by molar-refractivity contribution is 1.18. The van der Waals surface area contributed by atoms with Gasteiger partial charge < -0.3 is 4.57 Å². The molecule has 0 aliphatic heterocycles. The lowest BCUT2D eigenvalue weighted by Gasteiger charge is -2.20. The van der Waals surface area contributed by atoms with E-state index in [9.17, 15) is 5.26 Å². The van der Waals surface area contributed by atoms with Crippen molar-refractivity contribution in [3.05, 3.63) is 248 Å². The van der Waals surface area contributed by atoms with Crippen LogP contribution in [0.2, 0.25) is 0 Å². The zero-order chi connectivity index (χ0) is 45.6. The van der Waals surface area contributed by atoms with Crippen LogP contribution in [-0.4, -0.2) is 4.57 Å². The molecular weight excluding hydrogens is 833 g/mol. The smallest absolute Gasteiger partial charge is 0.0998 e. The first kappa shape index (κ1) is 38.9. The molecule has 2 heteroatoms. The summed E-state index contributed by atoms with van der Waals surface area (Å²) in [5.74, 6) is 0. The van der Waals surface area contributed by atoms with Gasteiger partial charge in [0.15, 0.2) is 0 Å². The molecule has 14 rings (SSSR count). The summed E-state index contributed by atoms with van der Waals surface area (Å²) in [6.07, 6.45) is 0. The van der Waals surface area contributed by atoms with Crippen molar-refractivity contribution in [1.82, 2.24) is 4.57 Å². The second kappa shape index (κ2) is 15.4. The van der Waals surface area contributed by atoms with Crippen molar-refractivity contribution in [2.45, 2.75) is 0 Å². The molecule has 2 nitrogen and oxygen atoms in total. The van der Waals surface area contributed by atoms with E-state index in [1.165, 1.54) is 104 Å². The fourth-order valence-electron chi connectivity index (χ4n) is 11.6. The van der Waals surface area contributed by atoms with Crippen molar-refractivity contribution >= 4 is 75.7 Å². The Hall–Kier alpha value is -9.29. The van der Waals surface area contributed by atoms with Crippen molar-refractivity contribution in [3.8, 4) is 67.4 Å². The minimum Gasteiger partial charge on any atom is -0.309 e. The molecule has 0 saturated heterocycles. The number of rotatable bonds is 6. The van der Waals surface area contributed by atoms with Crippen LogP contribution in [-0.2, 0) is 0 Å². The van der Waals surface area contributed by atoms with E-state index < -0.39 is 0 Å². The first-order valence-corrected chi connectivity index (χ1v) is 23.6. The molecular formula is C67H40N2. The zero-order valence-corrected chi connectivity index (χ0v) is 37.5. The van der Waals surface area contributed by atoms with Crippen LogP contribution >= 0.6 is 0 Å². The summed E-state index contributed by atoms with van der Waals surface area (Å²) in [6.45, 7) is 0. The highest BCUT2D eigenvalue weighted by molar-refractivity contribution is 6.28. The third-order valence-electron chi connectivity index (χ3n) is 14.6. The average Bonchev–Trinajstić information content (AvgIpc) is 3.77. The van der Waals surface area contributed by atoms with Gasteiger partial charge in [0.1, 0.15) is 0 Å². The maximum atomic E-state index is 10.2. The Morgan fingerprint density at radius 3 is 1.35 bits per heavy atom. The quantitative estimate of drug-likeness (QED) is 0.121. The number of nitrogens with zero attached hydrogens (tertiary/aromatic N) is 2. The van der Waals surface area contributed by atoms with E-state index in [2.05, 4.69) is 247 Å². The van der Waals surface area contributed by atoms with Crippen LogP contribution in [0.1, 0.15) is 5.56 Å². The maximum Gasteiger partial charge on any atom is 0.0998 e. The third-order valence-corrected chi connectivity index (χ3v) is 14.6. The van der Waals surface area contributed by atoms with Crippen molar-refractivity contribution in [2.75, 3.05) is 0 Å². The normalized spacial score (nSPS) is 11.8. The van der Waals surface area contributed by atoms with Crippen LogP contribution in [0.25, 0.3) is 137 Å². The number of benzene rings is 13. The van der Waals surface area contributed by atoms with E-state index in [0.717, 1.165) is 33.1 Å². The van der Waals surface area contributed by atoms with Crippen LogP contribution in [0.15, 0.2) is 243 Å². The molecule has 0 fully saturated rings. The van der Waals surface area contributed by atoms with E-state index in [1.807, 2.05) is 6.07 Å². The Morgan fingerprint density at radius 1 is 0.275 bits per heavy atom. The molecule has 0 bridgehead atoms. The van der Waals surface area contributed by atoms with Gasteiger partial charge in [-0.05, 0) is 134 Å². The van der Waals surface area contributed by atoms with E-state index >= 15 is 0 Å². The minimum atomic E-state index is 0.690. The Balaban J connectivity index is 0.893. The second-order valence-corrected chi connectivity index (χ2v) is 18.2. The second-order valence-electron chi connectivity index (χ2n) is 18.2. The SMILES string of the molecule is N#Cc1ccc2c3c1ccc1c(-c4ccc(-c5ccc(-c6c7ccccc7c(-c7cccc8ccccc78)c7ccccc67)c6ccccc56)cc4)ccc(c13)n2-c1ccc(-c2ccccc2)cc1. The van der Waals surface area contributed by atoms with Gasteiger partial charge in [-0.2, -0.15) is 5.26 Å². The van der Waals surface area contributed by atoms with Crippen molar-refractivity contribution in [2.24, 2.45) is 0 Å². The lowest BCUT2D eigenvalue weighted by Crippen LogP contribution is -1.94. The van der Waals surface area contributed by atoms with Gasteiger partial charge in [-0.25, -0.2) is 0 Å². The molecule has 69 heavy (non-hydrogen) atoms. The van der Waals surface area contributed by atoms with E-state index in [4.69, 9.17) is 0 Å². The molecule has 0 saturated carbocycles. The predicted molar refractivity (Wildman–Crippen MR) is 291 cm³/mol. The maximum absolute atomic E-state index is 10.2. The monoisotopic (exact) mass is 872 g/mol. The van der Waals surface area contributed by atoms with Crippen LogP contribution in [0, 0.1) is 11.3 Å². The van der Waals surface area contributed by atoms with Gasteiger partial charge in [-0.3, -0.25) is 0 Å². The summed E-state index contributed by atoms with van der Waals surface area (Å²) in [5, 5.41) is 24.6. The molecule has 0 spiro atoms. The summed E-state index contributed by atoms with van der Waals surface area (Å²) in [5.41, 5.74) is 16.1. The van der Waals surface area contributed by atoms with Crippen LogP contribution in [0.3, 0.4) is 0 Å². The summed E-state index contributed by atoms with van der Waals surface area (Å²) >= 11 is 0. The van der Waals surface area contributed by atoms with Gasteiger partial charge in [-0.15, -0.1) is 0 Å². The van der Waals surface area contributed by atoms with Crippen molar-refractivity contribution < 1.29 is 0 Å². The lowest BCUT2D eigenvalue weighted by atomic mass is 9.83. The van der Waals surface area contributed by atoms with E-state index in [1.54, 1.807) is 0 Å². The number of aromatic nitrogens is 1. The van der Waals surface area contributed by atoms with Crippen LogP contribution in [0.4, 0.5) is 0 Å². The van der Waals surface area contributed by atoms with Gasteiger partial charge in [0.25, 0.3) is 0 Å². The number of nitriles is 1. The molecule has 0 atom stereocenters. The van der Waals surface area contributed by atoms with Gasteiger partial charge in [0.05, 0.1) is 22.7 Å². The molecule has 0 aliphatic rings. The summed E-state index contributed by atoms with van der Waals surface area (Å²) in [7, 11) is 0. The zero-order valence-electron chi connectivity index (χ0n) is 37.5. The standard InChI is InChI=1S/C67H40N2/c68-41-47-31-39-62-66-52(47)35-37-60-51(38-40-63(67(60)66)69(62)48-32-29-43(30-33-48)42-13-2-1-3-14-42)46-27-25-45(26-28-46)50-34-36-61(54-19-7-6-18-53(50)54)65-58-22-10-8-20-56(58)64(57-21-9-11-23-59(57)65)55-24-12-16-44-15-4-5-17-49(44)55/h1-40H. The fourth-order valence-corrected chi connectivity index (χ4v) is 11.6. The van der Waals surface area contributed by atoms with Crippen LogP contribution in [0.5, 0.6) is 0 Å². The first-order chi connectivity index (χ1) is 34.2. The Labute approximate surface area is 399 Å². The summed E-state index contributed by atoms with van der Waals surface area (Å²) in [6, 6.07) is 90.7. The molecule has 14 aromatic rings. The summed E-state index contributed by atoms with van der Waals surface area (Å²) in [4.78, 5) is 0.